The molecule has 0 unspecified atom stereocenters. The smallest absolute Gasteiger partial charge is 0.410 e. The van der Waals surface area contributed by atoms with Crippen molar-refractivity contribution < 1.29 is 14.6 Å². The van der Waals surface area contributed by atoms with E-state index in [2.05, 4.69) is 0 Å². The normalized spacial score (nSPS) is 18.1. The number of carbonyl (C=O) groups excluding carboxylic acids is 1. The Kier molecular flexibility index (Phi) is 3.75. The Balaban J connectivity index is 2.40. The zero-order valence-electron chi connectivity index (χ0n) is 8.95. The fourth-order valence-electron chi connectivity index (χ4n) is 1.41. The van der Waals surface area contributed by atoms with Crippen LogP contribution in [0.3, 0.4) is 0 Å². The maximum Gasteiger partial charge on any atom is 0.410 e. The highest BCUT2D eigenvalue weighted by Crippen LogP contribution is 2.14. The Bertz CT molecular complexity index is 198. The summed E-state index contributed by atoms with van der Waals surface area (Å²) in [4.78, 5) is 13.3. The third kappa shape index (κ3) is 3.18. The molecule has 0 atom stereocenters. The molecule has 0 saturated carbocycles. The zero-order chi connectivity index (χ0) is 10.6. The van der Waals surface area contributed by atoms with Gasteiger partial charge in [-0.2, -0.15) is 0 Å². The van der Waals surface area contributed by atoms with Gasteiger partial charge in [0.25, 0.3) is 0 Å². The van der Waals surface area contributed by atoms with Crippen LogP contribution in [0.5, 0.6) is 0 Å². The van der Waals surface area contributed by atoms with E-state index in [1.54, 1.807) is 18.7 Å². The Morgan fingerprint density at radius 2 is 1.93 bits per heavy atom. The molecular formula is C10H19NO3. The first-order chi connectivity index (χ1) is 6.55. The number of aliphatic hydroxyl groups excluding tert-OH is 1. The highest BCUT2D eigenvalue weighted by Gasteiger charge is 2.26. The van der Waals surface area contributed by atoms with E-state index < -0.39 is 5.60 Å². The van der Waals surface area contributed by atoms with Gasteiger partial charge in [-0.1, -0.05) is 0 Å². The van der Waals surface area contributed by atoms with Crippen LogP contribution >= 0.6 is 0 Å². The summed E-state index contributed by atoms with van der Waals surface area (Å²) < 4.78 is 5.16. The Labute approximate surface area is 84.8 Å². The standard InChI is InChI=1S/C10H19NO3/c1-10(2,8-12)14-9(13)11-6-4-3-5-7-11/h12H,3-8H2,1-2H3. The Morgan fingerprint density at radius 3 is 2.43 bits per heavy atom. The van der Waals surface area contributed by atoms with Gasteiger partial charge in [0, 0.05) is 13.1 Å². The minimum absolute atomic E-state index is 0.146. The fourth-order valence-corrected chi connectivity index (χ4v) is 1.41. The van der Waals surface area contributed by atoms with Crippen LogP contribution in [-0.2, 0) is 4.74 Å². The van der Waals surface area contributed by atoms with Crippen molar-refractivity contribution >= 4 is 6.09 Å². The third-order valence-corrected chi connectivity index (χ3v) is 2.36. The van der Waals surface area contributed by atoms with E-state index in [0.29, 0.717) is 0 Å². The van der Waals surface area contributed by atoms with Gasteiger partial charge in [0.1, 0.15) is 5.60 Å². The van der Waals surface area contributed by atoms with E-state index in [0.717, 1.165) is 25.9 Å². The molecule has 1 fully saturated rings. The average molecular weight is 201 g/mol. The maximum absolute atomic E-state index is 11.6. The maximum atomic E-state index is 11.6. The number of aliphatic hydroxyl groups is 1. The lowest BCUT2D eigenvalue weighted by Crippen LogP contribution is -2.42. The van der Waals surface area contributed by atoms with Crippen LogP contribution in [0, 0.1) is 0 Å². The van der Waals surface area contributed by atoms with E-state index in [9.17, 15) is 4.79 Å². The molecule has 1 aliphatic rings. The molecule has 82 valence electrons. The molecule has 1 aliphatic heterocycles. The molecule has 1 saturated heterocycles. The first-order valence-electron chi connectivity index (χ1n) is 5.14. The molecule has 1 heterocycles. The van der Waals surface area contributed by atoms with Crippen molar-refractivity contribution in [3.8, 4) is 0 Å². The molecule has 14 heavy (non-hydrogen) atoms. The number of carbonyl (C=O) groups is 1. The highest BCUT2D eigenvalue weighted by atomic mass is 16.6. The van der Waals surface area contributed by atoms with Crippen molar-refractivity contribution in [1.82, 2.24) is 4.90 Å². The summed E-state index contributed by atoms with van der Waals surface area (Å²) in [6.07, 6.45) is 2.99. The molecular weight excluding hydrogens is 182 g/mol. The van der Waals surface area contributed by atoms with Gasteiger partial charge in [-0.25, -0.2) is 4.79 Å². The summed E-state index contributed by atoms with van der Waals surface area (Å²) in [5.74, 6) is 0. The van der Waals surface area contributed by atoms with Crippen LogP contribution in [0.1, 0.15) is 33.1 Å². The van der Waals surface area contributed by atoms with Crippen molar-refractivity contribution in [2.45, 2.75) is 38.7 Å². The second-order valence-electron chi connectivity index (χ2n) is 4.33. The molecule has 0 aromatic rings. The minimum Gasteiger partial charge on any atom is -0.441 e. The Morgan fingerprint density at radius 1 is 1.36 bits per heavy atom. The van der Waals surface area contributed by atoms with Crippen LogP contribution in [-0.4, -0.2) is 41.4 Å². The number of hydrogen-bond donors (Lipinski definition) is 1. The SMILES string of the molecule is CC(C)(CO)OC(=O)N1CCCCC1. The number of nitrogens with zero attached hydrogens (tertiary/aromatic N) is 1. The lowest BCUT2D eigenvalue weighted by molar-refractivity contribution is -0.0225. The topological polar surface area (TPSA) is 49.8 Å². The van der Waals surface area contributed by atoms with E-state index in [1.165, 1.54) is 6.42 Å². The predicted molar refractivity (Wildman–Crippen MR) is 53.1 cm³/mol. The van der Waals surface area contributed by atoms with Gasteiger partial charge in [0.2, 0.25) is 0 Å². The van der Waals surface area contributed by atoms with Crippen LogP contribution in [0.25, 0.3) is 0 Å². The summed E-state index contributed by atoms with van der Waals surface area (Å²) >= 11 is 0. The third-order valence-electron chi connectivity index (χ3n) is 2.36. The summed E-state index contributed by atoms with van der Waals surface area (Å²) in [6.45, 7) is 4.82. The van der Waals surface area contributed by atoms with Gasteiger partial charge in [-0.3, -0.25) is 0 Å². The highest BCUT2D eigenvalue weighted by molar-refractivity contribution is 5.68. The van der Waals surface area contributed by atoms with Gasteiger partial charge in [0.15, 0.2) is 0 Å². The molecule has 0 spiro atoms. The summed E-state index contributed by atoms with van der Waals surface area (Å²) in [7, 11) is 0. The number of likely N-dealkylation sites (tertiary alicyclic amines) is 1. The molecule has 1 N–H and O–H groups in total. The van der Waals surface area contributed by atoms with Crippen LogP contribution in [0.4, 0.5) is 4.79 Å². The number of ether oxygens (including phenoxy) is 1. The van der Waals surface area contributed by atoms with Crippen molar-refractivity contribution in [3.05, 3.63) is 0 Å². The molecule has 4 nitrogen and oxygen atoms in total. The van der Waals surface area contributed by atoms with Crippen LogP contribution in [0.2, 0.25) is 0 Å². The van der Waals surface area contributed by atoms with Crippen molar-refractivity contribution in [2.75, 3.05) is 19.7 Å². The van der Waals surface area contributed by atoms with Crippen molar-refractivity contribution in [3.63, 3.8) is 0 Å². The fraction of sp³-hybridized carbons (Fsp3) is 0.900. The van der Waals surface area contributed by atoms with Crippen LogP contribution < -0.4 is 0 Å². The average Bonchev–Trinajstić information content (AvgIpc) is 2.19. The second kappa shape index (κ2) is 4.64. The van der Waals surface area contributed by atoms with E-state index in [1.807, 2.05) is 0 Å². The van der Waals surface area contributed by atoms with Crippen LogP contribution in [0.15, 0.2) is 0 Å². The lowest BCUT2D eigenvalue weighted by Gasteiger charge is -2.30. The predicted octanol–water partition coefficient (Wildman–Crippen LogP) is 1.38. The molecule has 1 amide bonds. The number of rotatable bonds is 2. The minimum atomic E-state index is -0.769. The molecule has 4 heteroatoms. The summed E-state index contributed by atoms with van der Waals surface area (Å²) in [5, 5.41) is 8.95. The number of piperidine rings is 1. The van der Waals surface area contributed by atoms with Crippen molar-refractivity contribution in [2.24, 2.45) is 0 Å². The number of hydrogen-bond acceptors (Lipinski definition) is 3. The monoisotopic (exact) mass is 201 g/mol. The molecule has 0 radical (unpaired) electrons. The zero-order valence-corrected chi connectivity index (χ0v) is 8.95. The van der Waals surface area contributed by atoms with E-state index in [4.69, 9.17) is 9.84 Å². The first kappa shape index (κ1) is 11.3. The molecule has 0 aromatic carbocycles. The van der Waals surface area contributed by atoms with Gasteiger partial charge in [0.05, 0.1) is 6.61 Å². The molecule has 1 rings (SSSR count). The van der Waals surface area contributed by atoms with Gasteiger partial charge >= 0.3 is 6.09 Å². The van der Waals surface area contributed by atoms with Gasteiger partial charge < -0.3 is 14.7 Å². The number of amides is 1. The molecule has 0 aromatic heterocycles. The Hall–Kier alpha value is -0.770. The lowest BCUT2D eigenvalue weighted by atomic mass is 10.1. The van der Waals surface area contributed by atoms with E-state index >= 15 is 0 Å². The second-order valence-corrected chi connectivity index (χ2v) is 4.33. The summed E-state index contributed by atoms with van der Waals surface area (Å²) in [5.41, 5.74) is -0.769. The largest absolute Gasteiger partial charge is 0.441 e. The van der Waals surface area contributed by atoms with Gasteiger partial charge in [-0.15, -0.1) is 0 Å². The quantitative estimate of drug-likeness (QED) is 0.734. The molecule has 0 bridgehead atoms. The first-order valence-corrected chi connectivity index (χ1v) is 5.14. The van der Waals surface area contributed by atoms with Gasteiger partial charge in [-0.05, 0) is 33.1 Å². The van der Waals surface area contributed by atoms with Crippen molar-refractivity contribution in [1.29, 1.82) is 0 Å². The summed E-state index contributed by atoms with van der Waals surface area (Å²) in [6, 6.07) is 0. The molecule has 0 aliphatic carbocycles. The van der Waals surface area contributed by atoms with E-state index in [-0.39, 0.29) is 12.7 Å².